The van der Waals surface area contributed by atoms with Crippen LogP contribution in [0, 0.1) is 6.92 Å². The number of nitrogens with one attached hydrogen (secondary N) is 1. The number of nitrogens with zero attached hydrogens (tertiary/aromatic N) is 2. The van der Waals surface area contributed by atoms with E-state index in [1.807, 2.05) is 13.0 Å². The Morgan fingerprint density at radius 3 is 2.87 bits per heavy atom. The third kappa shape index (κ3) is 4.50. The Morgan fingerprint density at radius 2 is 2.13 bits per heavy atom. The van der Waals surface area contributed by atoms with Crippen LogP contribution in [0.3, 0.4) is 0 Å². The highest BCUT2D eigenvalue weighted by Gasteiger charge is 2.30. The van der Waals surface area contributed by atoms with Gasteiger partial charge in [-0.15, -0.1) is 0 Å². The summed E-state index contributed by atoms with van der Waals surface area (Å²) in [6.45, 7) is 5.66. The molecule has 0 aliphatic carbocycles. The van der Waals surface area contributed by atoms with E-state index in [0.717, 1.165) is 25.9 Å². The van der Waals surface area contributed by atoms with E-state index in [1.165, 1.54) is 11.1 Å². The monoisotopic (exact) mass is 313 g/mol. The normalized spacial score (nSPS) is 21.7. The van der Waals surface area contributed by atoms with Crippen molar-refractivity contribution < 1.29 is 9.26 Å². The minimum absolute atomic E-state index is 0.0519. The predicted molar refractivity (Wildman–Crippen MR) is 88.8 cm³/mol. The Morgan fingerprint density at radius 1 is 1.30 bits per heavy atom. The minimum atomic E-state index is -0.0519. The van der Waals surface area contributed by atoms with E-state index in [1.54, 1.807) is 0 Å². The average Bonchev–Trinajstić information content (AvgIpc) is 3.17. The first-order valence-electron chi connectivity index (χ1n) is 8.09. The molecule has 0 unspecified atom stereocenters. The zero-order valence-electron chi connectivity index (χ0n) is 13.7. The van der Waals surface area contributed by atoms with Crippen LogP contribution in [0.1, 0.15) is 43.1 Å². The number of hydrogen-bond acceptors (Lipinski definition) is 5. The van der Waals surface area contributed by atoms with Crippen LogP contribution in [0.15, 0.2) is 40.4 Å². The van der Waals surface area contributed by atoms with Gasteiger partial charge in [-0.05, 0) is 32.3 Å². The third-order valence-electron chi connectivity index (χ3n) is 3.91. The fourth-order valence-electron chi connectivity index (χ4n) is 2.80. The zero-order valence-corrected chi connectivity index (χ0v) is 13.7. The Bertz CT molecular complexity index is 651. The molecular weight excluding hydrogens is 290 g/mol. The highest BCUT2D eigenvalue weighted by Crippen LogP contribution is 2.31. The van der Waals surface area contributed by atoms with Crippen molar-refractivity contribution in [3.05, 3.63) is 53.2 Å². The first-order chi connectivity index (χ1) is 11.2. The molecule has 2 aromatic rings. The van der Waals surface area contributed by atoms with Crippen LogP contribution < -0.4 is 5.32 Å². The van der Waals surface area contributed by atoms with Gasteiger partial charge >= 0.3 is 0 Å². The standard InChI is InChI=1S/C18H23N3O2/c1-13(10-15-6-4-3-5-7-15)11-19-12-16-8-9-17(22-16)18-20-14(2)21-23-18/h3-7,10,16-17,19H,8-9,11-12H2,1-2H3/t16-,17+/m1/s1. The highest BCUT2D eigenvalue weighted by molar-refractivity contribution is 5.52. The van der Waals surface area contributed by atoms with Crippen LogP contribution in [0.5, 0.6) is 0 Å². The van der Waals surface area contributed by atoms with Crippen molar-refractivity contribution in [2.45, 2.75) is 38.9 Å². The van der Waals surface area contributed by atoms with E-state index in [-0.39, 0.29) is 12.2 Å². The van der Waals surface area contributed by atoms with Crippen LogP contribution in [-0.2, 0) is 4.74 Å². The van der Waals surface area contributed by atoms with Crippen molar-refractivity contribution in [1.29, 1.82) is 0 Å². The van der Waals surface area contributed by atoms with E-state index in [9.17, 15) is 0 Å². The van der Waals surface area contributed by atoms with Gasteiger partial charge in [0.25, 0.3) is 5.89 Å². The van der Waals surface area contributed by atoms with Gasteiger partial charge in [0, 0.05) is 13.1 Å². The van der Waals surface area contributed by atoms with Gasteiger partial charge in [0.1, 0.15) is 6.10 Å². The summed E-state index contributed by atoms with van der Waals surface area (Å²) in [7, 11) is 0. The molecule has 0 saturated carbocycles. The maximum atomic E-state index is 5.98. The summed E-state index contributed by atoms with van der Waals surface area (Å²) in [6.07, 6.45) is 4.31. The molecule has 0 radical (unpaired) electrons. The second kappa shape index (κ2) is 7.53. The number of ether oxygens (including phenoxy) is 1. The van der Waals surface area contributed by atoms with Crippen molar-refractivity contribution in [2.75, 3.05) is 13.1 Å². The molecule has 1 aromatic heterocycles. The molecule has 1 fully saturated rings. The van der Waals surface area contributed by atoms with Crippen LogP contribution in [0.2, 0.25) is 0 Å². The first-order valence-corrected chi connectivity index (χ1v) is 8.09. The second-order valence-corrected chi connectivity index (χ2v) is 6.04. The molecular formula is C18H23N3O2. The van der Waals surface area contributed by atoms with Crippen molar-refractivity contribution in [3.8, 4) is 0 Å². The van der Waals surface area contributed by atoms with E-state index < -0.39 is 0 Å². The van der Waals surface area contributed by atoms with Gasteiger partial charge < -0.3 is 14.6 Å². The zero-order chi connectivity index (χ0) is 16.1. The molecule has 2 heterocycles. The maximum Gasteiger partial charge on any atom is 0.255 e. The van der Waals surface area contributed by atoms with Crippen molar-refractivity contribution in [1.82, 2.24) is 15.5 Å². The largest absolute Gasteiger partial charge is 0.364 e. The van der Waals surface area contributed by atoms with Crippen molar-refractivity contribution in [2.24, 2.45) is 0 Å². The van der Waals surface area contributed by atoms with E-state index >= 15 is 0 Å². The number of aryl methyl sites for hydroxylation is 1. The summed E-state index contributed by atoms with van der Waals surface area (Å²) in [4.78, 5) is 4.25. The minimum Gasteiger partial charge on any atom is -0.364 e. The predicted octanol–water partition coefficient (Wildman–Crippen LogP) is 3.29. The van der Waals surface area contributed by atoms with E-state index in [2.05, 4.69) is 52.7 Å². The number of hydrogen-bond donors (Lipinski definition) is 1. The fraction of sp³-hybridized carbons (Fsp3) is 0.444. The lowest BCUT2D eigenvalue weighted by Gasteiger charge is -2.12. The Hall–Kier alpha value is -1.98. The SMILES string of the molecule is CC(=Cc1ccccc1)CNC[C@H]1CC[C@@H](c2nc(C)no2)O1. The summed E-state index contributed by atoms with van der Waals surface area (Å²) in [5.41, 5.74) is 2.54. The summed E-state index contributed by atoms with van der Waals surface area (Å²) in [5, 5.41) is 7.29. The average molecular weight is 313 g/mol. The molecule has 3 rings (SSSR count). The van der Waals surface area contributed by atoms with Crippen LogP contribution in [0.25, 0.3) is 6.08 Å². The molecule has 1 aliphatic heterocycles. The molecule has 122 valence electrons. The van der Waals surface area contributed by atoms with Gasteiger partial charge in [-0.1, -0.05) is 47.1 Å². The lowest BCUT2D eigenvalue weighted by Crippen LogP contribution is -2.27. The molecule has 0 amide bonds. The van der Waals surface area contributed by atoms with Crippen molar-refractivity contribution in [3.63, 3.8) is 0 Å². The molecule has 5 nitrogen and oxygen atoms in total. The van der Waals surface area contributed by atoms with Crippen LogP contribution >= 0.6 is 0 Å². The molecule has 1 saturated heterocycles. The molecule has 23 heavy (non-hydrogen) atoms. The summed E-state index contributed by atoms with van der Waals surface area (Å²) in [6, 6.07) is 10.4. The van der Waals surface area contributed by atoms with Crippen molar-refractivity contribution >= 4 is 6.08 Å². The topological polar surface area (TPSA) is 60.2 Å². The van der Waals surface area contributed by atoms with Gasteiger partial charge in [-0.3, -0.25) is 0 Å². The second-order valence-electron chi connectivity index (χ2n) is 6.04. The van der Waals surface area contributed by atoms with Gasteiger partial charge in [0.15, 0.2) is 5.82 Å². The molecule has 1 N–H and O–H groups in total. The Labute approximate surface area is 136 Å². The van der Waals surface area contributed by atoms with E-state index in [0.29, 0.717) is 11.7 Å². The molecule has 1 aromatic carbocycles. The quantitative estimate of drug-likeness (QED) is 0.886. The number of aromatic nitrogens is 2. The lowest BCUT2D eigenvalue weighted by atomic mass is 10.1. The summed E-state index contributed by atoms with van der Waals surface area (Å²) < 4.78 is 11.2. The molecule has 1 aliphatic rings. The summed E-state index contributed by atoms with van der Waals surface area (Å²) in [5.74, 6) is 1.26. The summed E-state index contributed by atoms with van der Waals surface area (Å²) >= 11 is 0. The van der Waals surface area contributed by atoms with Gasteiger partial charge in [-0.25, -0.2) is 0 Å². The Balaban J connectivity index is 1.42. The molecule has 2 atom stereocenters. The van der Waals surface area contributed by atoms with Gasteiger partial charge in [-0.2, -0.15) is 4.98 Å². The molecule has 5 heteroatoms. The van der Waals surface area contributed by atoms with Gasteiger partial charge in [0.2, 0.25) is 0 Å². The first kappa shape index (κ1) is 15.9. The lowest BCUT2D eigenvalue weighted by molar-refractivity contribution is 0.0269. The fourth-order valence-corrected chi connectivity index (χ4v) is 2.80. The molecule has 0 bridgehead atoms. The van der Waals surface area contributed by atoms with Crippen LogP contribution in [0.4, 0.5) is 0 Å². The third-order valence-corrected chi connectivity index (χ3v) is 3.91. The van der Waals surface area contributed by atoms with Crippen LogP contribution in [-0.4, -0.2) is 29.3 Å². The Kier molecular flexibility index (Phi) is 5.20. The smallest absolute Gasteiger partial charge is 0.255 e. The maximum absolute atomic E-state index is 5.98. The molecule has 0 spiro atoms. The van der Waals surface area contributed by atoms with E-state index in [4.69, 9.17) is 9.26 Å². The highest BCUT2D eigenvalue weighted by atomic mass is 16.5. The number of benzene rings is 1. The number of rotatable bonds is 6. The van der Waals surface area contributed by atoms with Gasteiger partial charge in [0.05, 0.1) is 6.10 Å².